The van der Waals surface area contributed by atoms with E-state index in [1.54, 1.807) is 0 Å². The predicted molar refractivity (Wildman–Crippen MR) is 84.3 cm³/mol. The Kier molecular flexibility index (Phi) is 10.5. The van der Waals surface area contributed by atoms with Crippen LogP contribution in [0.5, 0.6) is 0 Å². The second-order valence-corrected chi connectivity index (χ2v) is 6.20. The molecule has 1 fully saturated rings. The molecule has 2 unspecified atom stereocenters. The summed E-state index contributed by atoms with van der Waals surface area (Å²) in [6.45, 7) is 5.57. The van der Waals surface area contributed by atoms with Gasteiger partial charge in [0.25, 0.3) is 0 Å². The van der Waals surface area contributed by atoms with E-state index < -0.39 is 0 Å². The van der Waals surface area contributed by atoms with Crippen LogP contribution in [0.15, 0.2) is 0 Å². The molecule has 1 rings (SSSR count). The topological polar surface area (TPSA) is 12.5 Å². The lowest BCUT2D eigenvalue weighted by molar-refractivity contribution is 0.392. The fraction of sp³-hybridized carbons (Fsp3) is 0.944. The van der Waals surface area contributed by atoms with Crippen LogP contribution in [0.2, 0.25) is 0 Å². The molecule has 113 valence electrons. The van der Waals surface area contributed by atoms with Crippen molar-refractivity contribution in [2.75, 3.05) is 6.61 Å². The minimum atomic E-state index is 0.507. The second-order valence-electron chi connectivity index (χ2n) is 6.20. The molecule has 0 saturated carbocycles. The molecule has 1 heterocycles. The van der Waals surface area contributed by atoms with E-state index in [0.29, 0.717) is 6.10 Å². The van der Waals surface area contributed by atoms with Crippen molar-refractivity contribution >= 4 is 0 Å². The highest BCUT2D eigenvalue weighted by Gasteiger charge is 2.25. The third-order valence-electron chi connectivity index (χ3n) is 4.30. The monoisotopic (exact) mass is 267 g/mol. The van der Waals surface area contributed by atoms with Crippen LogP contribution in [0.3, 0.4) is 0 Å². The number of hydrogen-bond acceptors (Lipinski definition) is 1. The van der Waals surface area contributed by atoms with Gasteiger partial charge in [0.1, 0.15) is 0 Å². The molecule has 0 aromatic carbocycles. The summed E-state index contributed by atoms with van der Waals surface area (Å²) < 4.78 is 5.28. The Balaban J connectivity index is 1.77. The summed E-state index contributed by atoms with van der Waals surface area (Å²) in [5, 5.41) is 0. The minimum absolute atomic E-state index is 0.507. The van der Waals surface area contributed by atoms with Gasteiger partial charge >= 0.3 is 0 Å². The summed E-state index contributed by atoms with van der Waals surface area (Å²) in [7, 11) is 0. The summed E-state index contributed by atoms with van der Waals surface area (Å²) in [5.41, 5.74) is 0. The molecule has 1 nitrogen and oxygen atoms in total. The Labute approximate surface area is 121 Å². The molecule has 0 N–H and O–H groups in total. The average molecular weight is 267 g/mol. The smallest absolute Gasteiger partial charge is 0.0844 e. The summed E-state index contributed by atoms with van der Waals surface area (Å²) in [4.78, 5) is 0. The molecule has 1 heteroatoms. The van der Waals surface area contributed by atoms with E-state index >= 15 is 0 Å². The van der Waals surface area contributed by atoms with E-state index in [2.05, 4.69) is 20.3 Å². The molecule has 0 aromatic heterocycles. The maximum Gasteiger partial charge on any atom is 0.0844 e. The third kappa shape index (κ3) is 10.4. The van der Waals surface area contributed by atoms with Crippen molar-refractivity contribution in [2.24, 2.45) is 5.92 Å². The molecular weight excluding hydrogens is 232 g/mol. The largest absolute Gasteiger partial charge is 0.373 e. The van der Waals surface area contributed by atoms with Crippen LogP contribution in [-0.2, 0) is 4.74 Å². The van der Waals surface area contributed by atoms with Gasteiger partial charge in [0.05, 0.1) is 12.7 Å². The number of ether oxygens (including phenoxy) is 1. The third-order valence-corrected chi connectivity index (χ3v) is 4.30. The fourth-order valence-electron chi connectivity index (χ4n) is 2.80. The van der Waals surface area contributed by atoms with E-state index in [9.17, 15) is 0 Å². The molecule has 0 amide bonds. The van der Waals surface area contributed by atoms with E-state index in [4.69, 9.17) is 4.74 Å². The number of epoxide rings is 1. The van der Waals surface area contributed by atoms with Crippen molar-refractivity contribution in [1.82, 2.24) is 0 Å². The van der Waals surface area contributed by atoms with Crippen molar-refractivity contribution < 1.29 is 4.74 Å². The zero-order valence-electron chi connectivity index (χ0n) is 13.3. The highest BCUT2D eigenvalue weighted by atomic mass is 16.6. The normalized spacial score (nSPS) is 19.6. The highest BCUT2D eigenvalue weighted by Crippen LogP contribution is 2.25. The lowest BCUT2D eigenvalue weighted by atomic mass is 9.93. The lowest BCUT2D eigenvalue weighted by Crippen LogP contribution is -2.04. The van der Waals surface area contributed by atoms with Gasteiger partial charge < -0.3 is 4.74 Å². The van der Waals surface area contributed by atoms with Gasteiger partial charge in [-0.3, -0.25) is 0 Å². The van der Waals surface area contributed by atoms with Crippen LogP contribution in [0.25, 0.3) is 0 Å². The van der Waals surface area contributed by atoms with Gasteiger partial charge in [0, 0.05) is 0 Å². The number of rotatable bonds is 14. The van der Waals surface area contributed by atoms with Gasteiger partial charge in [-0.05, 0) is 12.3 Å². The van der Waals surface area contributed by atoms with E-state index in [1.165, 1.54) is 77.0 Å². The first kappa shape index (κ1) is 17.0. The number of hydrogen-bond donors (Lipinski definition) is 0. The SMILES string of the molecule is CCCCCCCCCCCCC([CH]C1CO1)CC. The summed E-state index contributed by atoms with van der Waals surface area (Å²) in [5.74, 6) is 0.807. The Morgan fingerprint density at radius 2 is 1.42 bits per heavy atom. The van der Waals surface area contributed by atoms with Crippen molar-refractivity contribution in [3.63, 3.8) is 0 Å². The van der Waals surface area contributed by atoms with Crippen LogP contribution in [-0.4, -0.2) is 12.7 Å². The highest BCUT2D eigenvalue weighted by molar-refractivity contribution is 4.90. The predicted octanol–water partition coefficient (Wildman–Crippen LogP) is 5.93. The van der Waals surface area contributed by atoms with E-state index in [0.717, 1.165) is 12.5 Å². The Bertz CT molecular complexity index is 186. The van der Waals surface area contributed by atoms with Crippen molar-refractivity contribution in [1.29, 1.82) is 0 Å². The maximum absolute atomic E-state index is 5.28. The van der Waals surface area contributed by atoms with E-state index in [1.807, 2.05) is 0 Å². The molecule has 1 aliphatic rings. The van der Waals surface area contributed by atoms with Gasteiger partial charge in [-0.15, -0.1) is 0 Å². The molecule has 19 heavy (non-hydrogen) atoms. The molecule has 0 aliphatic carbocycles. The Morgan fingerprint density at radius 3 is 1.89 bits per heavy atom. The van der Waals surface area contributed by atoms with Crippen LogP contribution >= 0.6 is 0 Å². The molecular formula is C18H35O. The van der Waals surface area contributed by atoms with Gasteiger partial charge in [0.15, 0.2) is 0 Å². The molecule has 1 aliphatic heterocycles. The molecule has 0 spiro atoms. The van der Waals surface area contributed by atoms with Gasteiger partial charge in [-0.2, -0.15) is 0 Å². The molecule has 2 atom stereocenters. The quantitative estimate of drug-likeness (QED) is 0.281. The average Bonchev–Trinajstić information content (AvgIpc) is 3.23. The molecule has 1 saturated heterocycles. The molecule has 1 radical (unpaired) electrons. The second kappa shape index (κ2) is 11.8. The van der Waals surface area contributed by atoms with Crippen LogP contribution < -0.4 is 0 Å². The number of unbranched alkanes of at least 4 members (excludes halogenated alkanes) is 9. The minimum Gasteiger partial charge on any atom is -0.373 e. The fourth-order valence-corrected chi connectivity index (χ4v) is 2.80. The zero-order chi connectivity index (χ0) is 13.8. The van der Waals surface area contributed by atoms with Gasteiger partial charge in [0.2, 0.25) is 0 Å². The first-order chi connectivity index (χ1) is 9.36. The molecule has 0 bridgehead atoms. The van der Waals surface area contributed by atoms with E-state index in [-0.39, 0.29) is 0 Å². The maximum atomic E-state index is 5.28. The standard InChI is InChI=1S/C18H35O/c1-3-5-6-7-8-9-10-11-12-13-14-17(4-2)15-18-16-19-18/h15,17-18H,3-14,16H2,1-2H3. The summed E-state index contributed by atoms with van der Waals surface area (Å²) >= 11 is 0. The Hall–Kier alpha value is -0.0400. The van der Waals surface area contributed by atoms with Crippen molar-refractivity contribution in [2.45, 2.75) is 97.0 Å². The lowest BCUT2D eigenvalue weighted by Gasteiger charge is -2.12. The van der Waals surface area contributed by atoms with Gasteiger partial charge in [-0.1, -0.05) is 90.9 Å². The van der Waals surface area contributed by atoms with Crippen molar-refractivity contribution in [3.05, 3.63) is 6.42 Å². The summed E-state index contributed by atoms with van der Waals surface area (Å²) in [6, 6.07) is 0. The molecule has 0 aromatic rings. The first-order valence-electron chi connectivity index (χ1n) is 8.83. The van der Waals surface area contributed by atoms with Crippen molar-refractivity contribution in [3.8, 4) is 0 Å². The summed E-state index contributed by atoms with van der Waals surface area (Å²) in [6.07, 6.45) is 20.0. The first-order valence-corrected chi connectivity index (χ1v) is 8.83. The van der Waals surface area contributed by atoms with Crippen LogP contribution in [0.1, 0.15) is 90.9 Å². The van der Waals surface area contributed by atoms with Crippen LogP contribution in [0.4, 0.5) is 0 Å². The van der Waals surface area contributed by atoms with Crippen LogP contribution in [0, 0.1) is 12.3 Å². The zero-order valence-corrected chi connectivity index (χ0v) is 13.3. The Morgan fingerprint density at radius 1 is 0.895 bits per heavy atom. The van der Waals surface area contributed by atoms with Gasteiger partial charge in [-0.25, -0.2) is 0 Å².